The molecule has 0 aliphatic rings. The van der Waals surface area contributed by atoms with Crippen molar-refractivity contribution >= 4 is 17.6 Å². The number of hydrogen-bond acceptors (Lipinski definition) is 3. The van der Waals surface area contributed by atoms with Crippen molar-refractivity contribution < 1.29 is 14.6 Å². The van der Waals surface area contributed by atoms with E-state index in [0.717, 1.165) is 5.56 Å². The van der Waals surface area contributed by atoms with E-state index >= 15 is 0 Å². The van der Waals surface area contributed by atoms with Crippen LogP contribution in [0.5, 0.6) is 0 Å². The van der Waals surface area contributed by atoms with Crippen LogP contribution in [0, 0.1) is 0 Å². The lowest BCUT2D eigenvalue weighted by Crippen LogP contribution is -2.34. The summed E-state index contributed by atoms with van der Waals surface area (Å²) in [4.78, 5) is 10.4. The Bertz CT molecular complexity index is 343. The van der Waals surface area contributed by atoms with Crippen LogP contribution in [0.1, 0.15) is 5.56 Å². The van der Waals surface area contributed by atoms with Gasteiger partial charge in [-0.2, -0.15) is 0 Å². The zero-order valence-corrected chi connectivity index (χ0v) is 8.78. The van der Waals surface area contributed by atoms with E-state index in [-0.39, 0.29) is 13.2 Å². The number of nitrogens with two attached hydrogens (primary N) is 1. The molecule has 0 unspecified atom stereocenters. The molecule has 4 nitrogen and oxygen atoms in total. The molecule has 5 heteroatoms. The molecule has 82 valence electrons. The van der Waals surface area contributed by atoms with Gasteiger partial charge >= 0.3 is 5.97 Å². The Balaban J connectivity index is 2.38. The first kappa shape index (κ1) is 12.0. The van der Waals surface area contributed by atoms with Gasteiger partial charge in [-0.1, -0.05) is 29.8 Å². The number of carboxylic acids is 1. The van der Waals surface area contributed by atoms with Gasteiger partial charge in [0.2, 0.25) is 0 Å². The van der Waals surface area contributed by atoms with E-state index in [1.165, 1.54) is 0 Å². The Morgan fingerprint density at radius 1 is 1.53 bits per heavy atom. The highest BCUT2D eigenvalue weighted by atomic mass is 35.5. The van der Waals surface area contributed by atoms with Crippen LogP contribution in [-0.2, 0) is 16.1 Å². The van der Waals surface area contributed by atoms with Gasteiger partial charge in [0.25, 0.3) is 0 Å². The molecule has 1 atom stereocenters. The van der Waals surface area contributed by atoms with Crippen molar-refractivity contribution in [3.63, 3.8) is 0 Å². The van der Waals surface area contributed by atoms with Gasteiger partial charge in [-0.15, -0.1) is 0 Å². The lowest BCUT2D eigenvalue weighted by Gasteiger charge is -2.08. The van der Waals surface area contributed by atoms with Crippen LogP contribution in [0.25, 0.3) is 0 Å². The Kier molecular flexibility index (Phi) is 4.55. The summed E-state index contributed by atoms with van der Waals surface area (Å²) in [5.74, 6) is -1.07. The summed E-state index contributed by atoms with van der Waals surface area (Å²) in [7, 11) is 0. The molecule has 3 N–H and O–H groups in total. The first-order chi connectivity index (χ1) is 7.11. The smallest absolute Gasteiger partial charge is 0.322 e. The monoisotopic (exact) mass is 229 g/mol. The highest BCUT2D eigenvalue weighted by Gasteiger charge is 2.11. The molecule has 0 aliphatic carbocycles. The standard InChI is InChI=1S/C10H12ClNO3/c11-8-4-2-1-3-7(8)5-15-6-9(12)10(13)14/h1-4,9H,5-6,12H2,(H,13,14)/t9-/m0/s1. The lowest BCUT2D eigenvalue weighted by atomic mass is 10.2. The second kappa shape index (κ2) is 5.70. The van der Waals surface area contributed by atoms with Crippen molar-refractivity contribution in [3.8, 4) is 0 Å². The predicted octanol–water partition coefficient (Wildman–Crippen LogP) is 1.27. The highest BCUT2D eigenvalue weighted by Crippen LogP contribution is 2.15. The number of halogens is 1. The normalized spacial score (nSPS) is 12.4. The van der Waals surface area contributed by atoms with Gasteiger partial charge in [0.15, 0.2) is 0 Å². The number of carbonyl (C=O) groups is 1. The Morgan fingerprint density at radius 3 is 2.80 bits per heavy atom. The molecule has 0 heterocycles. The quantitative estimate of drug-likeness (QED) is 0.798. The van der Waals surface area contributed by atoms with Crippen LogP contribution in [0.4, 0.5) is 0 Å². The van der Waals surface area contributed by atoms with Gasteiger partial charge in [-0.25, -0.2) is 0 Å². The van der Waals surface area contributed by atoms with Crippen molar-refractivity contribution in [1.82, 2.24) is 0 Å². The Labute approximate surface area is 92.6 Å². The summed E-state index contributed by atoms with van der Waals surface area (Å²) in [6.07, 6.45) is 0. The Morgan fingerprint density at radius 2 is 2.20 bits per heavy atom. The van der Waals surface area contributed by atoms with Crippen molar-refractivity contribution in [3.05, 3.63) is 34.9 Å². The summed E-state index contributed by atoms with van der Waals surface area (Å²) in [5.41, 5.74) is 6.08. The van der Waals surface area contributed by atoms with Gasteiger partial charge in [0.05, 0.1) is 13.2 Å². The van der Waals surface area contributed by atoms with Gasteiger partial charge < -0.3 is 15.6 Å². The number of rotatable bonds is 5. The van der Waals surface area contributed by atoms with E-state index in [9.17, 15) is 4.79 Å². The fourth-order valence-electron chi connectivity index (χ4n) is 0.983. The van der Waals surface area contributed by atoms with Gasteiger partial charge in [0.1, 0.15) is 6.04 Å². The molecule has 1 rings (SSSR count). The molecule has 0 saturated carbocycles. The molecule has 0 radical (unpaired) electrons. The molecular weight excluding hydrogens is 218 g/mol. The molecule has 0 amide bonds. The van der Waals surface area contributed by atoms with E-state index in [1.54, 1.807) is 6.07 Å². The zero-order chi connectivity index (χ0) is 11.3. The summed E-state index contributed by atoms with van der Waals surface area (Å²) < 4.78 is 5.13. The largest absolute Gasteiger partial charge is 0.480 e. The SMILES string of the molecule is N[C@@H](COCc1ccccc1Cl)C(=O)O. The Hall–Kier alpha value is -1.10. The third kappa shape index (κ3) is 3.87. The topological polar surface area (TPSA) is 72.5 Å². The maximum atomic E-state index is 10.4. The molecule has 1 aromatic carbocycles. The van der Waals surface area contributed by atoms with Crippen LogP contribution >= 0.6 is 11.6 Å². The van der Waals surface area contributed by atoms with E-state index in [4.69, 9.17) is 27.2 Å². The second-order valence-corrected chi connectivity index (χ2v) is 3.46. The van der Waals surface area contributed by atoms with Gasteiger partial charge in [-0.3, -0.25) is 4.79 Å². The lowest BCUT2D eigenvalue weighted by molar-refractivity contribution is -0.140. The third-order valence-electron chi connectivity index (χ3n) is 1.83. The minimum atomic E-state index is -1.07. The molecule has 0 fully saturated rings. The fourth-order valence-corrected chi connectivity index (χ4v) is 1.17. The van der Waals surface area contributed by atoms with E-state index in [0.29, 0.717) is 5.02 Å². The van der Waals surface area contributed by atoms with Crippen molar-refractivity contribution in [2.75, 3.05) is 6.61 Å². The van der Waals surface area contributed by atoms with Crippen molar-refractivity contribution in [2.24, 2.45) is 5.73 Å². The summed E-state index contributed by atoms with van der Waals surface area (Å²) >= 11 is 5.87. The zero-order valence-electron chi connectivity index (χ0n) is 8.02. The minimum absolute atomic E-state index is 0.0272. The highest BCUT2D eigenvalue weighted by molar-refractivity contribution is 6.31. The van der Waals surface area contributed by atoms with E-state index in [2.05, 4.69) is 0 Å². The maximum absolute atomic E-state index is 10.4. The average molecular weight is 230 g/mol. The van der Waals surface area contributed by atoms with Crippen LogP contribution < -0.4 is 5.73 Å². The molecule has 15 heavy (non-hydrogen) atoms. The van der Waals surface area contributed by atoms with Gasteiger partial charge in [0, 0.05) is 5.02 Å². The average Bonchev–Trinajstić information content (AvgIpc) is 2.20. The summed E-state index contributed by atoms with van der Waals surface area (Å²) in [6.45, 7) is 0.237. The molecular formula is C10H12ClNO3. The maximum Gasteiger partial charge on any atom is 0.322 e. The molecule has 0 aromatic heterocycles. The molecule has 0 saturated heterocycles. The fraction of sp³-hybridized carbons (Fsp3) is 0.300. The summed E-state index contributed by atoms with van der Waals surface area (Å²) in [5, 5.41) is 9.10. The van der Waals surface area contributed by atoms with E-state index < -0.39 is 12.0 Å². The van der Waals surface area contributed by atoms with Crippen LogP contribution in [0.15, 0.2) is 24.3 Å². The van der Waals surface area contributed by atoms with Crippen molar-refractivity contribution in [1.29, 1.82) is 0 Å². The predicted molar refractivity (Wildman–Crippen MR) is 56.7 cm³/mol. The van der Waals surface area contributed by atoms with Crippen LogP contribution in [-0.4, -0.2) is 23.7 Å². The number of carboxylic acid groups (broad SMARTS) is 1. The number of aliphatic carboxylic acids is 1. The number of ether oxygens (including phenoxy) is 1. The van der Waals surface area contributed by atoms with Gasteiger partial charge in [-0.05, 0) is 11.6 Å². The summed E-state index contributed by atoms with van der Waals surface area (Å²) in [6, 6.07) is 6.22. The first-order valence-corrected chi connectivity index (χ1v) is 4.78. The molecule has 0 aliphatic heterocycles. The van der Waals surface area contributed by atoms with E-state index in [1.807, 2.05) is 18.2 Å². The first-order valence-electron chi connectivity index (χ1n) is 4.41. The number of benzene rings is 1. The third-order valence-corrected chi connectivity index (χ3v) is 2.20. The van der Waals surface area contributed by atoms with Crippen molar-refractivity contribution in [2.45, 2.75) is 12.6 Å². The van der Waals surface area contributed by atoms with Crippen LogP contribution in [0.2, 0.25) is 5.02 Å². The molecule has 0 spiro atoms. The minimum Gasteiger partial charge on any atom is -0.480 e. The molecule has 0 bridgehead atoms. The van der Waals surface area contributed by atoms with Crippen LogP contribution in [0.3, 0.4) is 0 Å². The number of hydrogen-bond donors (Lipinski definition) is 2. The molecule has 1 aromatic rings. The second-order valence-electron chi connectivity index (χ2n) is 3.05.